The summed E-state index contributed by atoms with van der Waals surface area (Å²) in [4.78, 5) is 13.4. The maximum absolute atomic E-state index is 12.1. The van der Waals surface area contributed by atoms with E-state index in [4.69, 9.17) is 23.2 Å². The summed E-state index contributed by atoms with van der Waals surface area (Å²) in [6.07, 6.45) is 2.59. The third-order valence-corrected chi connectivity index (χ3v) is 5.78. The molecule has 0 aliphatic heterocycles. The molecule has 0 spiro atoms. The molecule has 0 radical (unpaired) electrons. The quantitative estimate of drug-likeness (QED) is 0.575. The summed E-state index contributed by atoms with van der Waals surface area (Å²) >= 11 is 15.0. The average Bonchev–Trinajstić information content (AvgIpc) is 3.25. The minimum Gasteiger partial charge on any atom is -0.324 e. The Morgan fingerprint density at radius 2 is 2.20 bits per heavy atom. The second-order valence-corrected chi connectivity index (χ2v) is 7.92. The van der Waals surface area contributed by atoms with Gasteiger partial charge in [-0.2, -0.15) is 0 Å². The van der Waals surface area contributed by atoms with Crippen molar-refractivity contribution in [3.05, 3.63) is 57.0 Å². The number of halogens is 2. The number of rotatable bonds is 7. The van der Waals surface area contributed by atoms with Crippen molar-refractivity contribution in [2.24, 2.45) is 0 Å². The molecule has 0 bridgehead atoms. The zero-order valence-electron chi connectivity index (χ0n) is 13.0. The second-order valence-electron chi connectivity index (χ2n) is 5.10. The van der Waals surface area contributed by atoms with Crippen LogP contribution in [0.5, 0.6) is 0 Å². The zero-order valence-corrected chi connectivity index (χ0v) is 16.1. The van der Waals surface area contributed by atoms with Gasteiger partial charge in [-0.15, -0.1) is 21.5 Å². The van der Waals surface area contributed by atoms with Crippen molar-refractivity contribution in [1.29, 1.82) is 0 Å². The molecule has 0 fully saturated rings. The lowest BCUT2D eigenvalue weighted by Gasteiger charge is -2.08. The molecule has 3 aromatic rings. The highest BCUT2D eigenvalue weighted by Crippen LogP contribution is 2.26. The molecule has 0 aliphatic rings. The van der Waals surface area contributed by atoms with Crippen LogP contribution in [0.4, 0.5) is 5.69 Å². The molecule has 1 aromatic carbocycles. The topological polar surface area (TPSA) is 59.8 Å². The summed E-state index contributed by atoms with van der Waals surface area (Å²) in [5, 5.41) is 14.5. The number of thiophene rings is 1. The number of hydrogen-bond donors (Lipinski definition) is 1. The standard InChI is InChI=1S/C16H14Cl2N4OS2/c17-11-3-4-13(18)14(8-11)20-15(23)9-25-16-21-19-10-22(16)6-5-12-2-1-7-24-12/h1-4,7-8,10H,5-6,9H2,(H,20,23). The van der Waals surface area contributed by atoms with Crippen LogP contribution in [0.25, 0.3) is 0 Å². The van der Waals surface area contributed by atoms with Gasteiger partial charge in [0.15, 0.2) is 5.16 Å². The Morgan fingerprint density at radius 3 is 3.00 bits per heavy atom. The number of aryl methyl sites for hydroxylation is 2. The molecule has 2 aromatic heterocycles. The highest BCUT2D eigenvalue weighted by Gasteiger charge is 2.11. The van der Waals surface area contributed by atoms with Gasteiger partial charge in [-0.25, -0.2) is 0 Å². The third-order valence-electron chi connectivity index (χ3n) is 3.29. The Bertz CT molecular complexity index is 852. The number of hydrogen-bond acceptors (Lipinski definition) is 5. The van der Waals surface area contributed by atoms with Crippen LogP contribution in [-0.4, -0.2) is 26.4 Å². The van der Waals surface area contributed by atoms with E-state index < -0.39 is 0 Å². The predicted octanol–water partition coefficient (Wildman–Crippen LogP) is 4.62. The number of benzene rings is 1. The number of amides is 1. The van der Waals surface area contributed by atoms with Crippen LogP contribution in [0, 0.1) is 0 Å². The molecule has 25 heavy (non-hydrogen) atoms. The van der Waals surface area contributed by atoms with Gasteiger partial charge in [-0.1, -0.05) is 41.0 Å². The van der Waals surface area contributed by atoms with Crippen LogP contribution < -0.4 is 5.32 Å². The Morgan fingerprint density at radius 1 is 1.32 bits per heavy atom. The Hall–Kier alpha value is -1.54. The van der Waals surface area contributed by atoms with Crippen LogP contribution in [0.2, 0.25) is 10.0 Å². The van der Waals surface area contributed by atoms with E-state index in [1.165, 1.54) is 16.6 Å². The lowest BCUT2D eigenvalue weighted by atomic mass is 10.3. The van der Waals surface area contributed by atoms with E-state index in [-0.39, 0.29) is 11.7 Å². The number of thioether (sulfide) groups is 1. The second kappa shape index (κ2) is 8.71. The summed E-state index contributed by atoms with van der Waals surface area (Å²) in [6, 6.07) is 9.07. The fraction of sp³-hybridized carbons (Fsp3) is 0.188. The molecule has 2 heterocycles. The molecule has 0 aliphatic carbocycles. The maximum Gasteiger partial charge on any atom is 0.234 e. The lowest BCUT2D eigenvalue weighted by molar-refractivity contribution is -0.113. The molecule has 1 amide bonds. The molecule has 9 heteroatoms. The molecule has 5 nitrogen and oxygen atoms in total. The third kappa shape index (κ3) is 5.22. The van der Waals surface area contributed by atoms with Crippen LogP contribution in [0.3, 0.4) is 0 Å². The van der Waals surface area contributed by atoms with Crippen LogP contribution >= 0.6 is 46.3 Å². The highest BCUT2D eigenvalue weighted by atomic mass is 35.5. The molecule has 130 valence electrons. The highest BCUT2D eigenvalue weighted by molar-refractivity contribution is 7.99. The van der Waals surface area contributed by atoms with E-state index in [0.717, 1.165) is 13.0 Å². The largest absolute Gasteiger partial charge is 0.324 e. The first-order chi connectivity index (χ1) is 12.1. The fourth-order valence-electron chi connectivity index (χ4n) is 2.10. The average molecular weight is 413 g/mol. The zero-order chi connectivity index (χ0) is 17.6. The van der Waals surface area contributed by atoms with E-state index in [9.17, 15) is 4.79 Å². The summed E-state index contributed by atoms with van der Waals surface area (Å²) in [6.45, 7) is 0.775. The van der Waals surface area contributed by atoms with Crippen molar-refractivity contribution in [3.8, 4) is 0 Å². The van der Waals surface area contributed by atoms with Crippen molar-refractivity contribution >= 4 is 57.9 Å². The molecule has 0 saturated carbocycles. The Labute approximate surface area is 163 Å². The fourth-order valence-corrected chi connectivity index (χ4v) is 3.88. The number of carbonyl (C=O) groups excluding carboxylic acids is 1. The van der Waals surface area contributed by atoms with Gasteiger partial charge >= 0.3 is 0 Å². The number of nitrogens with zero attached hydrogens (tertiary/aromatic N) is 3. The molecule has 0 atom stereocenters. The maximum atomic E-state index is 12.1. The number of nitrogens with one attached hydrogen (secondary N) is 1. The molecule has 1 N–H and O–H groups in total. The van der Waals surface area contributed by atoms with Gasteiger partial charge in [-0.05, 0) is 36.1 Å². The summed E-state index contributed by atoms with van der Waals surface area (Å²) in [5.74, 6) is 0.0301. The van der Waals surface area contributed by atoms with Crippen molar-refractivity contribution in [2.45, 2.75) is 18.1 Å². The number of carbonyl (C=O) groups is 1. The normalized spacial score (nSPS) is 10.8. The first-order valence-electron chi connectivity index (χ1n) is 7.40. The lowest BCUT2D eigenvalue weighted by Crippen LogP contribution is -2.15. The number of anilines is 1. The van der Waals surface area contributed by atoms with Crippen LogP contribution in [0.1, 0.15) is 4.88 Å². The van der Waals surface area contributed by atoms with Crippen molar-refractivity contribution in [3.63, 3.8) is 0 Å². The predicted molar refractivity (Wildman–Crippen MR) is 104 cm³/mol. The molecule has 3 rings (SSSR count). The first-order valence-corrected chi connectivity index (χ1v) is 10.0. The van der Waals surface area contributed by atoms with E-state index in [1.807, 2.05) is 10.6 Å². The number of aromatic nitrogens is 3. The van der Waals surface area contributed by atoms with Gasteiger partial charge in [0.1, 0.15) is 6.33 Å². The molecule has 0 saturated heterocycles. The molecular formula is C16H14Cl2N4OS2. The minimum absolute atomic E-state index is 0.179. The van der Waals surface area contributed by atoms with Crippen LogP contribution in [0.15, 0.2) is 47.2 Å². The Kier molecular flexibility index (Phi) is 6.36. The monoisotopic (exact) mass is 412 g/mol. The summed E-state index contributed by atoms with van der Waals surface area (Å²) in [7, 11) is 0. The van der Waals surface area contributed by atoms with Gasteiger partial charge in [0.2, 0.25) is 5.91 Å². The first kappa shape index (κ1) is 18.3. The van der Waals surface area contributed by atoms with Gasteiger partial charge in [0.05, 0.1) is 16.5 Å². The van der Waals surface area contributed by atoms with E-state index >= 15 is 0 Å². The molecule has 0 unspecified atom stereocenters. The van der Waals surface area contributed by atoms with E-state index in [2.05, 4.69) is 27.0 Å². The van der Waals surface area contributed by atoms with E-state index in [1.54, 1.807) is 35.9 Å². The minimum atomic E-state index is -0.179. The Balaban J connectivity index is 1.54. The summed E-state index contributed by atoms with van der Waals surface area (Å²) < 4.78 is 1.95. The van der Waals surface area contributed by atoms with Crippen molar-refractivity contribution < 1.29 is 4.79 Å². The van der Waals surface area contributed by atoms with E-state index in [0.29, 0.717) is 20.9 Å². The van der Waals surface area contributed by atoms with Crippen molar-refractivity contribution in [1.82, 2.24) is 14.8 Å². The van der Waals surface area contributed by atoms with Gasteiger partial charge in [0.25, 0.3) is 0 Å². The summed E-state index contributed by atoms with van der Waals surface area (Å²) in [5.41, 5.74) is 0.499. The smallest absolute Gasteiger partial charge is 0.234 e. The van der Waals surface area contributed by atoms with Crippen LogP contribution in [-0.2, 0) is 17.8 Å². The molecular weight excluding hydrogens is 399 g/mol. The SMILES string of the molecule is O=C(CSc1nncn1CCc1cccs1)Nc1cc(Cl)ccc1Cl. The van der Waals surface area contributed by atoms with Gasteiger partial charge in [-0.3, -0.25) is 4.79 Å². The van der Waals surface area contributed by atoms with Gasteiger partial charge < -0.3 is 9.88 Å². The van der Waals surface area contributed by atoms with Gasteiger partial charge in [0, 0.05) is 16.4 Å². The van der Waals surface area contributed by atoms with Crippen molar-refractivity contribution in [2.75, 3.05) is 11.1 Å².